The molecule has 0 aliphatic rings. The second-order valence-corrected chi connectivity index (χ2v) is 9.29. The molecule has 1 unspecified atom stereocenters. The molecule has 0 fully saturated rings. The average Bonchev–Trinajstić information content (AvgIpc) is 3.15. The molecule has 0 aliphatic carbocycles. The topological polar surface area (TPSA) is 66.9 Å². The Morgan fingerprint density at radius 1 is 1.10 bits per heavy atom. The summed E-state index contributed by atoms with van der Waals surface area (Å²) in [6.07, 6.45) is 0. The van der Waals surface area contributed by atoms with Crippen molar-refractivity contribution in [3.8, 4) is 0 Å². The number of thioether (sulfide) groups is 2. The molecule has 30 heavy (non-hydrogen) atoms. The first-order valence-corrected chi connectivity index (χ1v) is 11.4. The molecule has 1 atom stereocenters. The van der Waals surface area contributed by atoms with Crippen molar-refractivity contribution in [1.82, 2.24) is 15.5 Å². The summed E-state index contributed by atoms with van der Waals surface area (Å²) in [6, 6.07) is 12.3. The molecule has 0 radical (unpaired) electrons. The maximum absolute atomic E-state index is 13.0. The smallest absolute Gasteiger partial charge is 0.288 e. The summed E-state index contributed by atoms with van der Waals surface area (Å²) in [7, 11) is 0. The largest absolute Gasteiger partial charge is 0.349 e. The maximum Gasteiger partial charge on any atom is 0.288 e. The van der Waals surface area contributed by atoms with E-state index in [1.165, 1.54) is 35.2 Å². The summed E-state index contributed by atoms with van der Waals surface area (Å²) < 4.78 is 38.3. The Morgan fingerprint density at radius 2 is 1.80 bits per heavy atom. The van der Waals surface area contributed by atoms with Crippen molar-refractivity contribution >= 4 is 51.6 Å². The van der Waals surface area contributed by atoms with E-state index < -0.39 is 5.76 Å². The van der Waals surface area contributed by atoms with Crippen LogP contribution < -0.4 is 10.6 Å². The second kappa shape index (κ2) is 10.7. The second-order valence-electron chi connectivity index (χ2n) is 6.03. The first-order chi connectivity index (χ1) is 14.4. The monoisotopic (exact) mass is 470 g/mol. The van der Waals surface area contributed by atoms with E-state index in [-0.39, 0.29) is 23.5 Å². The van der Waals surface area contributed by atoms with Gasteiger partial charge < -0.3 is 10.6 Å². The van der Waals surface area contributed by atoms with Crippen LogP contribution in [0, 0.1) is 5.82 Å². The Morgan fingerprint density at radius 3 is 2.47 bits per heavy atom. The van der Waals surface area contributed by atoms with Crippen molar-refractivity contribution in [3.05, 3.63) is 59.9 Å². The van der Waals surface area contributed by atoms with Crippen LogP contribution in [0.4, 0.5) is 24.0 Å². The highest BCUT2D eigenvalue weighted by atomic mass is 32.2. The van der Waals surface area contributed by atoms with Gasteiger partial charge in [-0.05, 0) is 48.9 Å². The molecule has 5 nitrogen and oxygen atoms in total. The van der Waals surface area contributed by atoms with E-state index in [1.807, 2.05) is 6.92 Å². The minimum Gasteiger partial charge on any atom is -0.349 e. The number of alkyl halides is 2. The van der Waals surface area contributed by atoms with E-state index in [1.54, 1.807) is 36.4 Å². The van der Waals surface area contributed by atoms with E-state index in [2.05, 4.69) is 20.8 Å². The zero-order chi connectivity index (χ0) is 21.5. The SMILES string of the molecule is CC(NC(=O)CSc1nnc(Nc2ccc(SC(F)F)cc2)s1)c1ccc(F)cc1. The third-order valence-corrected chi connectivity index (χ3v) is 6.51. The van der Waals surface area contributed by atoms with E-state index >= 15 is 0 Å². The fourth-order valence-electron chi connectivity index (χ4n) is 2.41. The van der Waals surface area contributed by atoms with Crippen LogP contribution in [-0.2, 0) is 4.79 Å². The third-order valence-electron chi connectivity index (χ3n) is 3.81. The van der Waals surface area contributed by atoms with Gasteiger partial charge >= 0.3 is 0 Å². The van der Waals surface area contributed by atoms with Crippen molar-refractivity contribution in [2.45, 2.75) is 28.0 Å². The van der Waals surface area contributed by atoms with Gasteiger partial charge in [-0.15, -0.1) is 10.2 Å². The molecule has 0 saturated heterocycles. The van der Waals surface area contributed by atoms with Gasteiger partial charge in [-0.2, -0.15) is 8.78 Å². The number of amides is 1. The lowest BCUT2D eigenvalue weighted by molar-refractivity contribution is -0.119. The quantitative estimate of drug-likeness (QED) is 0.391. The third kappa shape index (κ3) is 6.92. The number of hydrogen-bond acceptors (Lipinski definition) is 7. The number of rotatable bonds is 9. The van der Waals surface area contributed by atoms with E-state index in [4.69, 9.17) is 0 Å². The van der Waals surface area contributed by atoms with Crippen LogP contribution in [0.25, 0.3) is 0 Å². The molecule has 2 N–H and O–H groups in total. The van der Waals surface area contributed by atoms with Gasteiger partial charge in [-0.3, -0.25) is 4.79 Å². The highest BCUT2D eigenvalue weighted by Crippen LogP contribution is 2.30. The number of carbonyl (C=O) groups is 1. The number of nitrogens with one attached hydrogen (secondary N) is 2. The molecule has 0 saturated carbocycles. The highest BCUT2D eigenvalue weighted by molar-refractivity contribution is 8.01. The highest BCUT2D eigenvalue weighted by Gasteiger charge is 2.12. The lowest BCUT2D eigenvalue weighted by Gasteiger charge is -2.13. The number of anilines is 2. The summed E-state index contributed by atoms with van der Waals surface area (Å²) in [5.74, 6) is -2.78. The standard InChI is InChI=1S/C19H17F3N4OS3/c1-11(12-2-4-13(20)5-3-12)23-16(27)10-28-19-26-25-18(30-19)24-14-6-8-15(9-7-14)29-17(21)22/h2-9,11,17H,10H2,1H3,(H,23,27)(H,24,25). The van der Waals surface area contributed by atoms with E-state index in [9.17, 15) is 18.0 Å². The number of nitrogens with zero attached hydrogens (tertiary/aromatic N) is 2. The first-order valence-electron chi connectivity index (χ1n) is 8.72. The average molecular weight is 471 g/mol. The number of halogens is 3. The molecule has 2 aromatic carbocycles. The summed E-state index contributed by atoms with van der Waals surface area (Å²) in [4.78, 5) is 12.6. The first kappa shape index (κ1) is 22.4. The Hall–Kier alpha value is -2.24. The van der Waals surface area contributed by atoms with E-state index in [0.29, 0.717) is 31.8 Å². The van der Waals surface area contributed by atoms with Crippen LogP contribution in [0.3, 0.4) is 0 Å². The zero-order valence-corrected chi connectivity index (χ0v) is 18.1. The Kier molecular flexibility index (Phi) is 8.00. The molecule has 1 amide bonds. The fraction of sp³-hybridized carbons (Fsp3) is 0.211. The normalized spacial score (nSPS) is 12.0. The zero-order valence-electron chi connectivity index (χ0n) is 15.6. The lowest BCUT2D eigenvalue weighted by Crippen LogP contribution is -2.28. The van der Waals surface area contributed by atoms with Crippen LogP contribution in [0.5, 0.6) is 0 Å². The molecule has 1 aromatic heterocycles. The van der Waals surface area contributed by atoms with Crippen LogP contribution in [0.15, 0.2) is 57.8 Å². The summed E-state index contributed by atoms with van der Waals surface area (Å²) in [5, 5.41) is 14.5. The van der Waals surface area contributed by atoms with Crippen LogP contribution >= 0.6 is 34.9 Å². The van der Waals surface area contributed by atoms with Gasteiger partial charge in [0.25, 0.3) is 5.76 Å². The van der Waals surface area contributed by atoms with Crippen molar-refractivity contribution in [2.24, 2.45) is 0 Å². The summed E-state index contributed by atoms with van der Waals surface area (Å²) in [6.45, 7) is 1.83. The molecule has 0 spiro atoms. The van der Waals surface area contributed by atoms with E-state index in [0.717, 1.165) is 5.56 Å². The van der Waals surface area contributed by atoms with Gasteiger partial charge in [0.2, 0.25) is 11.0 Å². The molecule has 0 aliphatic heterocycles. The Balaban J connectivity index is 1.47. The minimum absolute atomic E-state index is 0.166. The molecule has 158 valence electrons. The minimum atomic E-state index is -2.46. The number of carbonyl (C=O) groups excluding carboxylic acids is 1. The molecule has 3 aromatic rings. The van der Waals surface area contributed by atoms with Crippen molar-refractivity contribution in [2.75, 3.05) is 11.1 Å². The molecular weight excluding hydrogens is 453 g/mol. The van der Waals surface area contributed by atoms with Gasteiger partial charge in [-0.25, -0.2) is 4.39 Å². The Bertz CT molecular complexity index is 968. The molecule has 1 heterocycles. The van der Waals surface area contributed by atoms with Crippen LogP contribution in [0.1, 0.15) is 18.5 Å². The summed E-state index contributed by atoms with van der Waals surface area (Å²) in [5.41, 5.74) is 1.52. The fourth-order valence-corrected chi connectivity index (χ4v) is 4.49. The van der Waals surface area contributed by atoms with Gasteiger partial charge in [0.1, 0.15) is 5.82 Å². The molecule has 11 heteroatoms. The lowest BCUT2D eigenvalue weighted by atomic mass is 10.1. The van der Waals surface area contributed by atoms with Crippen molar-refractivity contribution in [3.63, 3.8) is 0 Å². The van der Waals surface area contributed by atoms with Crippen molar-refractivity contribution < 1.29 is 18.0 Å². The number of benzene rings is 2. The number of aromatic nitrogens is 2. The van der Waals surface area contributed by atoms with Crippen LogP contribution in [0.2, 0.25) is 0 Å². The predicted molar refractivity (Wildman–Crippen MR) is 115 cm³/mol. The predicted octanol–water partition coefficient (Wildman–Crippen LogP) is 5.71. The van der Waals surface area contributed by atoms with Gasteiger partial charge in [0, 0.05) is 10.6 Å². The summed E-state index contributed by atoms with van der Waals surface area (Å²) >= 11 is 3.02. The van der Waals surface area contributed by atoms with Gasteiger partial charge in [0.15, 0.2) is 4.34 Å². The van der Waals surface area contributed by atoms with Crippen molar-refractivity contribution in [1.29, 1.82) is 0 Å². The molecule has 3 rings (SSSR count). The van der Waals surface area contributed by atoms with Crippen LogP contribution in [-0.4, -0.2) is 27.6 Å². The van der Waals surface area contributed by atoms with Gasteiger partial charge in [0.05, 0.1) is 11.8 Å². The molecular formula is C19H17F3N4OS3. The number of hydrogen-bond donors (Lipinski definition) is 2. The maximum atomic E-state index is 13.0. The van der Waals surface area contributed by atoms with Gasteiger partial charge in [-0.1, -0.05) is 47.0 Å². The Labute approximate surface area is 183 Å². The molecule has 0 bridgehead atoms.